The smallest absolute Gasteiger partial charge is 0.249 e. The van der Waals surface area contributed by atoms with E-state index >= 15 is 0 Å². The first-order valence-electron chi connectivity index (χ1n) is 5.46. The molecule has 0 aromatic heterocycles. The molecule has 1 aromatic rings. The Labute approximate surface area is 105 Å². The van der Waals surface area contributed by atoms with Gasteiger partial charge in [0.2, 0.25) is 5.91 Å². The second kappa shape index (κ2) is 5.49. The van der Waals surface area contributed by atoms with Crippen LogP contribution in [0.4, 0.5) is 0 Å². The summed E-state index contributed by atoms with van der Waals surface area (Å²) < 4.78 is 5.25. The highest BCUT2D eigenvalue weighted by atomic mass is 35.5. The Hall–Kier alpha value is -1.10. The predicted octanol–water partition coefficient (Wildman–Crippen LogP) is 1.23. The molecule has 1 heterocycles. The molecule has 1 aliphatic rings. The Morgan fingerprint density at radius 3 is 2.76 bits per heavy atom. The van der Waals surface area contributed by atoms with Crippen LogP contribution in [0.1, 0.15) is 11.6 Å². The first-order chi connectivity index (χ1) is 8.22. The average Bonchev–Trinajstić information content (AvgIpc) is 2.33. The SMILES string of the molecule is O=C1COCC(c2ccc(Cl)cc2)N1CCO. The van der Waals surface area contributed by atoms with E-state index in [1.54, 1.807) is 17.0 Å². The van der Waals surface area contributed by atoms with Gasteiger partial charge in [0.15, 0.2) is 0 Å². The number of hydrogen-bond acceptors (Lipinski definition) is 3. The van der Waals surface area contributed by atoms with Crippen molar-refractivity contribution in [3.8, 4) is 0 Å². The molecular weight excluding hydrogens is 242 g/mol. The van der Waals surface area contributed by atoms with E-state index in [0.29, 0.717) is 18.2 Å². The normalized spacial score (nSPS) is 20.7. The molecule has 0 spiro atoms. The number of ether oxygens (including phenoxy) is 1. The Morgan fingerprint density at radius 2 is 2.12 bits per heavy atom. The Bertz CT molecular complexity index is 393. The summed E-state index contributed by atoms with van der Waals surface area (Å²) in [4.78, 5) is 13.3. The molecule has 17 heavy (non-hydrogen) atoms. The minimum absolute atomic E-state index is 0.0458. The van der Waals surface area contributed by atoms with E-state index < -0.39 is 0 Å². The van der Waals surface area contributed by atoms with Gasteiger partial charge in [0.1, 0.15) is 6.61 Å². The quantitative estimate of drug-likeness (QED) is 0.884. The second-order valence-electron chi connectivity index (χ2n) is 3.89. The lowest BCUT2D eigenvalue weighted by atomic mass is 10.0. The summed E-state index contributed by atoms with van der Waals surface area (Å²) in [6.45, 7) is 0.822. The van der Waals surface area contributed by atoms with Crippen LogP contribution >= 0.6 is 11.6 Å². The fourth-order valence-electron chi connectivity index (χ4n) is 1.95. The maximum absolute atomic E-state index is 11.7. The summed E-state index contributed by atoms with van der Waals surface area (Å²) >= 11 is 5.83. The van der Waals surface area contributed by atoms with E-state index in [1.807, 2.05) is 12.1 Å². The van der Waals surface area contributed by atoms with E-state index in [9.17, 15) is 4.79 Å². The summed E-state index contributed by atoms with van der Waals surface area (Å²) in [7, 11) is 0. The van der Waals surface area contributed by atoms with E-state index in [0.717, 1.165) is 5.56 Å². The minimum atomic E-state index is -0.138. The van der Waals surface area contributed by atoms with Gasteiger partial charge in [0.25, 0.3) is 0 Å². The van der Waals surface area contributed by atoms with Crippen LogP contribution in [-0.2, 0) is 9.53 Å². The van der Waals surface area contributed by atoms with E-state index in [1.165, 1.54) is 0 Å². The number of carbonyl (C=O) groups is 1. The van der Waals surface area contributed by atoms with Gasteiger partial charge in [-0.25, -0.2) is 0 Å². The number of β-amino-alcohol motifs (C(OH)–C–C–N with tert-alkyl or cyclic N) is 1. The highest BCUT2D eigenvalue weighted by Gasteiger charge is 2.29. The Kier molecular flexibility index (Phi) is 3.99. The zero-order valence-corrected chi connectivity index (χ0v) is 10.1. The lowest BCUT2D eigenvalue weighted by Gasteiger charge is -2.35. The van der Waals surface area contributed by atoms with Crippen LogP contribution in [0, 0.1) is 0 Å². The standard InChI is InChI=1S/C12H14ClNO3/c13-10-3-1-9(2-4-10)11-7-17-8-12(16)14(11)5-6-15/h1-4,11,15H,5-8H2. The van der Waals surface area contributed by atoms with Gasteiger partial charge in [-0.15, -0.1) is 0 Å². The number of rotatable bonds is 3. The number of morpholine rings is 1. The predicted molar refractivity (Wildman–Crippen MR) is 63.8 cm³/mol. The van der Waals surface area contributed by atoms with Crippen molar-refractivity contribution in [2.24, 2.45) is 0 Å². The molecule has 1 unspecified atom stereocenters. The first kappa shape index (κ1) is 12.4. The number of nitrogens with zero attached hydrogens (tertiary/aromatic N) is 1. The van der Waals surface area contributed by atoms with Crippen LogP contribution in [-0.4, -0.2) is 42.3 Å². The van der Waals surface area contributed by atoms with Crippen LogP contribution in [0.15, 0.2) is 24.3 Å². The molecule has 0 radical (unpaired) electrons. The number of benzene rings is 1. The van der Waals surface area contributed by atoms with Gasteiger partial charge in [0, 0.05) is 11.6 Å². The molecule has 0 saturated carbocycles. The fraction of sp³-hybridized carbons (Fsp3) is 0.417. The fourth-order valence-corrected chi connectivity index (χ4v) is 2.08. The maximum Gasteiger partial charge on any atom is 0.249 e. The third kappa shape index (κ3) is 2.77. The lowest BCUT2D eigenvalue weighted by molar-refractivity contribution is -0.149. The van der Waals surface area contributed by atoms with Crippen molar-refractivity contribution in [3.05, 3.63) is 34.9 Å². The van der Waals surface area contributed by atoms with Gasteiger partial charge in [-0.05, 0) is 17.7 Å². The Morgan fingerprint density at radius 1 is 1.41 bits per heavy atom. The summed E-state index contributed by atoms with van der Waals surface area (Å²) in [5, 5.41) is 9.65. The summed E-state index contributed by atoms with van der Waals surface area (Å²) in [6, 6.07) is 7.18. The van der Waals surface area contributed by atoms with Crippen LogP contribution in [0.25, 0.3) is 0 Å². The molecule has 1 amide bonds. The molecule has 0 aliphatic carbocycles. The number of aliphatic hydroxyl groups excluding tert-OH is 1. The molecule has 2 rings (SSSR count). The Balaban J connectivity index is 2.21. The molecule has 1 aromatic carbocycles. The summed E-state index contributed by atoms with van der Waals surface area (Å²) in [5.74, 6) is -0.0924. The summed E-state index contributed by atoms with van der Waals surface area (Å²) in [5.41, 5.74) is 0.968. The molecule has 1 aliphatic heterocycles. The van der Waals surface area contributed by atoms with Crippen molar-refractivity contribution in [1.29, 1.82) is 0 Å². The number of hydrogen-bond donors (Lipinski definition) is 1. The van der Waals surface area contributed by atoms with Crippen LogP contribution in [0.2, 0.25) is 5.02 Å². The maximum atomic E-state index is 11.7. The van der Waals surface area contributed by atoms with Crippen molar-refractivity contribution in [3.63, 3.8) is 0 Å². The molecular formula is C12H14ClNO3. The highest BCUT2D eigenvalue weighted by Crippen LogP contribution is 2.25. The van der Waals surface area contributed by atoms with Crippen LogP contribution in [0.3, 0.4) is 0 Å². The number of amides is 1. The zero-order valence-electron chi connectivity index (χ0n) is 9.30. The van der Waals surface area contributed by atoms with Crippen molar-refractivity contribution in [1.82, 2.24) is 4.90 Å². The molecule has 1 fully saturated rings. The van der Waals surface area contributed by atoms with Crippen molar-refractivity contribution in [2.45, 2.75) is 6.04 Å². The average molecular weight is 256 g/mol. The zero-order chi connectivity index (χ0) is 12.3. The topological polar surface area (TPSA) is 49.8 Å². The third-order valence-electron chi connectivity index (χ3n) is 2.79. The highest BCUT2D eigenvalue weighted by molar-refractivity contribution is 6.30. The van der Waals surface area contributed by atoms with E-state index in [4.69, 9.17) is 21.4 Å². The number of halogens is 1. The van der Waals surface area contributed by atoms with Crippen molar-refractivity contribution in [2.75, 3.05) is 26.4 Å². The third-order valence-corrected chi connectivity index (χ3v) is 3.05. The van der Waals surface area contributed by atoms with Gasteiger partial charge in [-0.2, -0.15) is 0 Å². The monoisotopic (exact) mass is 255 g/mol. The molecule has 1 saturated heterocycles. The first-order valence-corrected chi connectivity index (χ1v) is 5.83. The van der Waals surface area contributed by atoms with Crippen molar-refractivity contribution < 1.29 is 14.6 Å². The van der Waals surface area contributed by atoms with Gasteiger partial charge in [-0.1, -0.05) is 23.7 Å². The summed E-state index contributed by atoms with van der Waals surface area (Å²) in [6.07, 6.45) is 0. The minimum Gasteiger partial charge on any atom is -0.395 e. The molecule has 0 bridgehead atoms. The largest absolute Gasteiger partial charge is 0.395 e. The van der Waals surface area contributed by atoms with Gasteiger partial charge < -0.3 is 14.7 Å². The second-order valence-corrected chi connectivity index (χ2v) is 4.33. The van der Waals surface area contributed by atoms with Gasteiger partial charge in [0.05, 0.1) is 19.3 Å². The number of aliphatic hydroxyl groups is 1. The molecule has 92 valence electrons. The van der Waals surface area contributed by atoms with Gasteiger partial charge >= 0.3 is 0 Å². The van der Waals surface area contributed by atoms with Crippen LogP contribution < -0.4 is 0 Å². The lowest BCUT2D eigenvalue weighted by Crippen LogP contribution is -2.45. The molecule has 5 heteroatoms. The molecule has 1 N–H and O–H groups in total. The molecule has 1 atom stereocenters. The number of carbonyl (C=O) groups excluding carboxylic acids is 1. The van der Waals surface area contributed by atoms with E-state index in [2.05, 4.69) is 0 Å². The van der Waals surface area contributed by atoms with Gasteiger partial charge in [-0.3, -0.25) is 4.79 Å². The van der Waals surface area contributed by atoms with Crippen molar-refractivity contribution >= 4 is 17.5 Å². The van der Waals surface area contributed by atoms with Crippen LogP contribution in [0.5, 0.6) is 0 Å². The van der Waals surface area contributed by atoms with E-state index in [-0.39, 0.29) is 25.2 Å². The molecule has 4 nitrogen and oxygen atoms in total.